The molecule has 3 heterocycles. The van der Waals surface area contributed by atoms with E-state index < -0.39 is 5.91 Å². The van der Waals surface area contributed by atoms with Crippen LogP contribution in [0, 0.1) is 13.8 Å². The van der Waals surface area contributed by atoms with Crippen molar-refractivity contribution in [1.29, 1.82) is 0 Å². The van der Waals surface area contributed by atoms with Gasteiger partial charge in [-0.15, -0.1) is 0 Å². The molecule has 1 saturated heterocycles. The van der Waals surface area contributed by atoms with E-state index in [0.29, 0.717) is 29.9 Å². The Kier molecular flexibility index (Phi) is 8.33. The van der Waals surface area contributed by atoms with Gasteiger partial charge < -0.3 is 9.64 Å². The predicted molar refractivity (Wildman–Crippen MR) is 161 cm³/mol. The molecule has 4 aromatic rings. The summed E-state index contributed by atoms with van der Waals surface area (Å²) in [6.07, 6.45) is 3.06. The van der Waals surface area contributed by atoms with Crippen LogP contribution in [0.5, 0.6) is 0 Å². The summed E-state index contributed by atoms with van der Waals surface area (Å²) in [5, 5.41) is 2.89. The van der Waals surface area contributed by atoms with Crippen LogP contribution in [-0.2, 0) is 4.74 Å². The van der Waals surface area contributed by atoms with Crippen molar-refractivity contribution in [1.82, 2.24) is 20.0 Å². The van der Waals surface area contributed by atoms with Crippen LogP contribution in [0.1, 0.15) is 31.8 Å². The molecule has 0 atom stereocenters. The van der Waals surface area contributed by atoms with Gasteiger partial charge in [0.1, 0.15) is 11.0 Å². The molecule has 0 aliphatic carbocycles. The Morgan fingerprint density at radius 2 is 1.24 bits per heavy atom. The van der Waals surface area contributed by atoms with E-state index in [1.54, 1.807) is 26.4 Å². The number of nitrogens with zero attached hydrogens (tertiary/aromatic N) is 5. The largest absolute Gasteiger partial charge is 0.378 e. The summed E-state index contributed by atoms with van der Waals surface area (Å²) in [5.74, 6) is 0.0309. The van der Waals surface area contributed by atoms with E-state index in [0.717, 1.165) is 46.7 Å². The Morgan fingerprint density at radius 3 is 1.78 bits per heavy atom. The van der Waals surface area contributed by atoms with Crippen molar-refractivity contribution < 1.29 is 14.3 Å². The molecular weight excluding hydrogens is 538 g/mol. The number of aryl methyl sites for hydroxylation is 2. The third kappa shape index (κ3) is 5.80. The Bertz CT molecular complexity index is 1600. The maximum absolute atomic E-state index is 14.0. The van der Waals surface area contributed by atoms with Gasteiger partial charge in [-0.1, -0.05) is 60.1 Å². The predicted octanol–water partition coefficient (Wildman–Crippen LogP) is 5.68. The molecule has 1 aliphatic heterocycles. The average molecular weight is 570 g/mol. The Hall–Kier alpha value is -4.27. The smallest absolute Gasteiger partial charge is 0.274 e. The Morgan fingerprint density at radius 1 is 0.756 bits per heavy atom. The molecule has 2 amide bonds. The van der Waals surface area contributed by atoms with Gasteiger partial charge in [0.05, 0.1) is 24.3 Å². The van der Waals surface area contributed by atoms with Gasteiger partial charge in [-0.2, -0.15) is 0 Å². The molecule has 0 unspecified atom stereocenters. The zero-order chi connectivity index (χ0) is 29.1. The van der Waals surface area contributed by atoms with Gasteiger partial charge in [-0.3, -0.25) is 19.6 Å². The first-order valence-electron chi connectivity index (χ1n) is 13.4. The van der Waals surface area contributed by atoms with Crippen molar-refractivity contribution in [3.05, 3.63) is 100 Å². The first kappa shape index (κ1) is 28.3. The van der Waals surface area contributed by atoms with E-state index in [1.165, 1.54) is 16.2 Å². The molecule has 2 aromatic carbocycles. The van der Waals surface area contributed by atoms with Crippen molar-refractivity contribution in [2.75, 3.05) is 45.3 Å². The molecule has 210 valence electrons. The SMILES string of the molecule is Cc1ccccc1-c1cc(Cl)ncc1C(=O)N(C)N(C)C(=O)c1cnc(N2CCOCC2)cc1-c1ccccc1C. The van der Waals surface area contributed by atoms with Gasteiger partial charge >= 0.3 is 0 Å². The molecule has 1 aliphatic rings. The molecule has 5 rings (SSSR count). The van der Waals surface area contributed by atoms with Crippen LogP contribution in [0.15, 0.2) is 73.1 Å². The Labute approximate surface area is 245 Å². The van der Waals surface area contributed by atoms with Crippen LogP contribution in [-0.4, -0.2) is 72.2 Å². The Balaban J connectivity index is 1.50. The van der Waals surface area contributed by atoms with Crippen LogP contribution < -0.4 is 4.90 Å². The number of morpholine rings is 1. The van der Waals surface area contributed by atoms with Crippen molar-refractivity contribution in [2.24, 2.45) is 0 Å². The number of hydrogen-bond donors (Lipinski definition) is 0. The number of pyridine rings is 2. The molecule has 0 spiro atoms. The lowest BCUT2D eigenvalue weighted by Gasteiger charge is -2.31. The number of halogens is 1. The van der Waals surface area contributed by atoms with E-state index in [4.69, 9.17) is 16.3 Å². The number of hydrazine groups is 1. The minimum atomic E-state index is -0.390. The second-order valence-corrected chi connectivity index (χ2v) is 10.4. The highest BCUT2D eigenvalue weighted by molar-refractivity contribution is 6.29. The number of aromatic nitrogens is 2. The summed E-state index contributed by atoms with van der Waals surface area (Å²) < 4.78 is 5.50. The van der Waals surface area contributed by atoms with Gasteiger partial charge in [0, 0.05) is 39.6 Å². The number of carbonyl (C=O) groups excluding carboxylic acids is 2. The second-order valence-electron chi connectivity index (χ2n) is 10.0. The summed E-state index contributed by atoms with van der Waals surface area (Å²) in [4.78, 5) is 38.8. The maximum atomic E-state index is 14.0. The second kappa shape index (κ2) is 12.1. The average Bonchev–Trinajstić information content (AvgIpc) is 3.00. The number of amides is 2. The van der Waals surface area contributed by atoms with Crippen molar-refractivity contribution in [2.45, 2.75) is 13.8 Å². The van der Waals surface area contributed by atoms with E-state index >= 15 is 0 Å². The summed E-state index contributed by atoms with van der Waals surface area (Å²) in [7, 11) is 3.15. The number of anilines is 1. The standard InChI is InChI=1S/C32H32ClN5O3/c1-21-9-5-7-11-23(21)25-17-29(33)34-19-27(25)31(39)36(3)37(4)32(40)28-20-35-30(38-13-15-41-16-14-38)18-26(28)24-12-8-6-10-22(24)2/h5-12,17-20H,13-16H2,1-4H3. The number of carbonyl (C=O) groups is 2. The topological polar surface area (TPSA) is 78.9 Å². The van der Waals surface area contributed by atoms with Crippen LogP contribution in [0.3, 0.4) is 0 Å². The molecule has 0 bridgehead atoms. The van der Waals surface area contributed by atoms with Crippen LogP contribution in [0.2, 0.25) is 5.15 Å². The summed E-state index contributed by atoms with van der Waals surface area (Å²) >= 11 is 6.24. The molecule has 41 heavy (non-hydrogen) atoms. The highest BCUT2D eigenvalue weighted by Gasteiger charge is 2.27. The van der Waals surface area contributed by atoms with E-state index in [-0.39, 0.29) is 11.1 Å². The summed E-state index contributed by atoms with van der Waals surface area (Å²) in [5.41, 5.74) is 5.96. The molecule has 0 radical (unpaired) electrons. The normalized spacial score (nSPS) is 13.1. The van der Waals surface area contributed by atoms with E-state index in [2.05, 4.69) is 14.9 Å². The van der Waals surface area contributed by atoms with Gasteiger partial charge in [0.2, 0.25) is 0 Å². The number of hydrogen-bond acceptors (Lipinski definition) is 6. The molecule has 9 heteroatoms. The molecule has 8 nitrogen and oxygen atoms in total. The minimum absolute atomic E-state index is 0.279. The number of benzene rings is 2. The first-order chi connectivity index (χ1) is 19.8. The van der Waals surface area contributed by atoms with Gasteiger partial charge in [-0.25, -0.2) is 9.97 Å². The summed E-state index contributed by atoms with van der Waals surface area (Å²) in [6, 6.07) is 19.3. The highest BCUT2D eigenvalue weighted by atomic mass is 35.5. The van der Waals surface area contributed by atoms with E-state index in [9.17, 15) is 9.59 Å². The van der Waals surface area contributed by atoms with Crippen molar-refractivity contribution >= 4 is 29.2 Å². The molecule has 0 saturated carbocycles. The zero-order valence-electron chi connectivity index (χ0n) is 23.6. The molecule has 2 aromatic heterocycles. The number of ether oxygens (including phenoxy) is 1. The van der Waals surface area contributed by atoms with Gasteiger partial charge in [0.15, 0.2) is 0 Å². The maximum Gasteiger partial charge on any atom is 0.274 e. The third-order valence-corrected chi connectivity index (χ3v) is 7.67. The lowest BCUT2D eigenvalue weighted by Crippen LogP contribution is -2.45. The van der Waals surface area contributed by atoms with Crippen molar-refractivity contribution in [3.63, 3.8) is 0 Å². The highest BCUT2D eigenvalue weighted by Crippen LogP contribution is 2.32. The number of rotatable bonds is 5. The van der Waals surface area contributed by atoms with Crippen LogP contribution in [0.4, 0.5) is 5.82 Å². The van der Waals surface area contributed by atoms with Gasteiger partial charge in [-0.05, 0) is 59.4 Å². The lowest BCUT2D eigenvalue weighted by molar-refractivity contribution is 0.0186. The van der Waals surface area contributed by atoms with Crippen molar-refractivity contribution in [3.8, 4) is 22.3 Å². The van der Waals surface area contributed by atoms with Gasteiger partial charge in [0.25, 0.3) is 11.8 Å². The first-order valence-corrected chi connectivity index (χ1v) is 13.8. The van der Waals surface area contributed by atoms with Crippen LogP contribution in [0.25, 0.3) is 22.3 Å². The zero-order valence-corrected chi connectivity index (χ0v) is 24.4. The molecular formula is C32H32ClN5O3. The minimum Gasteiger partial charge on any atom is -0.378 e. The summed E-state index contributed by atoms with van der Waals surface area (Å²) in [6.45, 7) is 6.69. The van der Waals surface area contributed by atoms with Crippen LogP contribution >= 0.6 is 11.6 Å². The molecule has 1 fully saturated rings. The fraction of sp³-hybridized carbons (Fsp3) is 0.250. The monoisotopic (exact) mass is 569 g/mol. The fourth-order valence-corrected chi connectivity index (χ4v) is 5.16. The third-order valence-electron chi connectivity index (χ3n) is 7.46. The van der Waals surface area contributed by atoms with E-state index in [1.807, 2.05) is 68.4 Å². The fourth-order valence-electron chi connectivity index (χ4n) is 5.00. The molecule has 0 N–H and O–H groups in total. The quantitative estimate of drug-likeness (QED) is 0.227. The lowest BCUT2D eigenvalue weighted by atomic mass is 9.96.